The average molecular weight is 291 g/mol. The van der Waals surface area contributed by atoms with E-state index in [1.54, 1.807) is 11.3 Å². The molecule has 20 heavy (non-hydrogen) atoms. The number of nitrogens with zero attached hydrogens (tertiary/aromatic N) is 2. The van der Waals surface area contributed by atoms with Gasteiger partial charge in [-0.15, -0.1) is 17.9 Å². The monoisotopic (exact) mass is 291 g/mol. The topological polar surface area (TPSA) is 37.4 Å². The molecular formula is C14H22BN3OS. The Bertz CT molecular complexity index is 463. The molecule has 4 nitrogen and oxygen atoms in total. The summed E-state index contributed by atoms with van der Waals surface area (Å²) < 4.78 is 5.53. The summed E-state index contributed by atoms with van der Waals surface area (Å²) in [6, 6.07) is 0.490. The van der Waals surface area contributed by atoms with Crippen LogP contribution in [0.1, 0.15) is 18.0 Å². The van der Waals surface area contributed by atoms with Crippen LogP contribution in [0, 0.1) is 0 Å². The Morgan fingerprint density at radius 2 is 2.50 bits per heavy atom. The van der Waals surface area contributed by atoms with Gasteiger partial charge in [-0.1, -0.05) is 12.1 Å². The molecule has 2 atom stereocenters. The quantitative estimate of drug-likeness (QED) is 0.798. The number of morpholine rings is 1. The van der Waals surface area contributed by atoms with Crippen molar-refractivity contribution in [3.63, 3.8) is 0 Å². The summed E-state index contributed by atoms with van der Waals surface area (Å²) in [5.41, 5.74) is 2.16. The fourth-order valence-corrected chi connectivity index (χ4v) is 3.03. The zero-order valence-electron chi connectivity index (χ0n) is 12.3. The highest BCUT2D eigenvalue weighted by Gasteiger charge is 2.24. The molecular weight excluding hydrogens is 269 g/mol. The van der Waals surface area contributed by atoms with E-state index < -0.39 is 0 Å². The SMILES string of the molecule is BC(=C)C1COCCN1CC(=C)NC(C)c1nccs1. The van der Waals surface area contributed by atoms with Crippen LogP contribution in [-0.4, -0.2) is 50.1 Å². The second-order valence-electron chi connectivity index (χ2n) is 5.25. The van der Waals surface area contributed by atoms with E-state index in [0.29, 0.717) is 0 Å². The molecule has 0 bridgehead atoms. The molecule has 2 rings (SSSR count). The summed E-state index contributed by atoms with van der Waals surface area (Å²) in [7, 11) is 2.06. The number of aromatic nitrogens is 1. The van der Waals surface area contributed by atoms with Crippen LogP contribution < -0.4 is 5.32 Å². The van der Waals surface area contributed by atoms with E-state index in [1.165, 1.54) is 0 Å². The van der Waals surface area contributed by atoms with Crippen LogP contribution >= 0.6 is 11.3 Å². The Hall–Kier alpha value is -1.11. The average Bonchev–Trinajstić information content (AvgIpc) is 2.92. The predicted molar refractivity (Wildman–Crippen MR) is 86.7 cm³/mol. The lowest BCUT2D eigenvalue weighted by molar-refractivity contribution is 0.0126. The van der Waals surface area contributed by atoms with Crippen molar-refractivity contribution in [3.05, 3.63) is 40.9 Å². The molecule has 1 aromatic heterocycles. The van der Waals surface area contributed by atoms with Crippen LogP contribution in [-0.2, 0) is 4.74 Å². The largest absolute Gasteiger partial charge is 0.379 e. The van der Waals surface area contributed by atoms with Gasteiger partial charge in [0, 0.05) is 36.4 Å². The third-order valence-electron chi connectivity index (χ3n) is 3.44. The molecule has 0 saturated carbocycles. The van der Waals surface area contributed by atoms with Gasteiger partial charge in [0.25, 0.3) is 0 Å². The van der Waals surface area contributed by atoms with Crippen molar-refractivity contribution in [3.8, 4) is 0 Å². The summed E-state index contributed by atoms with van der Waals surface area (Å²) in [4.78, 5) is 6.70. The molecule has 6 heteroatoms. The maximum atomic E-state index is 5.53. The van der Waals surface area contributed by atoms with Crippen LogP contribution in [0.5, 0.6) is 0 Å². The molecule has 0 aliphatic carbocycles. The van der Waals surface area contributed by atoms with E-state index in [-0.39, 0.29) is 12.1 Å². The molecule has 108 valence electrons. The van der Waals surface area contributed by atoms with Gasteiger partial charge in [0.2, 0.25) is 0 Å². The van der Waals surface area contributed by atoms with Crippen LogP contribution in [0.4, 0.5) is 0 Å². The van der Waals surface area contributed by atoms with Crippen LogP contribution in [0.2, 0.25) is 0 Å². The minimum atomic E-state index is 0.201. The Kier molecular flexibility index (Phi) is 5.40. The van der Waals surface area contributed by atoms with Gasteiger partial charge in [0.1, 0.15) is 12.9 Å². The van der Waals surface area contributed by atoms with E-state index in [1.807, 2.05) is 11.6 Å². The number of rotatable bonds is 6. The first-order valence-corrected chi connectivity index (χ1v) is 7.76. The second-order valence-corrected chi connectivity index (χ2v) is 6.17. The van der Waals surface area contributed by atoms with Crippen LogP contribution in [0.25, 0.3) is 0 Å². The summed E-state index contributed by atoms with van der Waals surface area (Å²) in [6.07, 6.45) is 1.83. The van der Waals surface area contributed by atoms with Crippen molar-refractivity contribution in [2.75, 3.05) is 26.3 Å². The molecule has 1 N–H and O–H groups in total. The molecule has 1 aliphatic rings. The third-order valence-corrected chi connectivity index (χ3v) is 4.40. The molecule has 1 saturated heterocycles. The molecule has 2 heterocycles. The maximum Gasteiger partial charge on any atom is 0.135 e. The van der Waals surface area contributed by atoms with Crippen molar-refractivity contribution in [1.29, 1.82) is 0 Å². The molecule has 0 radical (unpaired) electrons. The van der Waals surface area contributed by atoms with Gasteiger partial charge in [-0.3, -0.25) is 4.90 Å². The Balaban J connectivity index is 1.88. The first-order valence-electron chi connectivity index (χ1n) is 6.89. The maximum absolute atomic E-state index is 5.53. The van der Waals surface area contributed by atoms with Crippen molar-refractivity contribution in [2.24, 2.45) is 0 Å². The van der Waals surface area contributed by atoms with Gasteiger partial charge in [-0.25, -0.2) is 4.98 Å². The van der Waals surface area contributed by atoms with Crippen molar-refractivity contribution < 1.29 is 4.74 Å². The highest BCUT2D eigenvalue weighted by molar-refractivity contribution is 7.09. The van der Waals surface area contributed by atoms with Gasteiger partial charge < -0.3 is 10.1 Å². The summed E-state index contributed by atoms with van der Waals surface area (Å²) in [6.45, 7) is 13.6. The van der Waals surface area contributed by atoms with Crippen LogP contribution in [0.15, 0.2) is 35.9 Å². The van der Waals surface area contributed by atoms with Gasteiger partial charge in [-0.2, -0.15) is 0 Å². The van der Waals surface area contributed by atoms with E-state index in [2.05, 4.69) is 43.1 Å². The predicted octanol–water partition coefficient (Wildman–Crippen LogP) is 1.15. The van der Waals surface area contributed by atoms with E-state index in [9.17, 15) is 0 Å². The normalized spacial score (nSPS) is 21.4. The fraction of sp³-hybridized carbons (Fsp3) is 0.500. The number of ether oxygens (including phenoxy) is 1. The second kappa shape index (κ2) is 7.06. The number of hydrogen-bond acceptors (Lipinski definition) is 5. The first-order chi connectivity index (χ1) is 9.58. The lowest BCUT2D eigenvalue weighted by Crippen LogP contribution is -2.48. The van der Waals surface area contributed by atoms with Crippen LogP contribution in [0.3, 0.4) is 0 Å². The van der Waals surface area contributed by atoms with Gasteiger partial charge in [-0.05, 0) is 6.92 Å². The number of thiazole rings is 1. The van der Waals surface area contributed by atoms with Gasteiger partial charge >= 0.3 is 0 Å². The summed E-state index contributed by atoms with van der Waals surface area (Å²) in [5.74, 6) is 0. The van der Waals surface area contributed by atoms with Gasteiger partial charge in [0.05, 0.1) is 19.3 Å². The molecule has 2 unspecified atom stereocenters. The van der Waals surface area contributed by atoms with E-state index in [4.69, 9.17) is 4.74 Å². The Morgan fingerprint density at radius 3 is 3.15 bits per heavy atom. The van der Waals surface area contributed by atoms with Gasteiger partial charge in [0.15, 0.2) is 0 Å². The van der Waals surface area contributed by atoms with Crippen molar-refractivity contribution >= 4 is 19.2 Å². The lowest BCUT2D eigenvalue weighted by atomic mass is 9.89. The number of hydrogen-bond donors (Lipinski definition) is 1. The van der Waals surface area contributed by atoms with E-state index in [0.717, 1.165) is 42.5 Å². The van der Waals surface area contributed by atoms with Crippen molar-refractivity contribution in [1.82, 2.24) is 15.2 Å². The van der Waals surface area contributed by atoms with E-state index >= 15 is 0 Å². The van der Waals surface area contributed by atoms with Crippen molar-refractivity contribution in [2.45, 2.75) is 19.0 Å². The highest BCUT2D eigenvalue weighted by Crippen LogP contribution is 2.17. The first kappa shape index (κ1) is 15.3. The lowest BCUT2D eigenvalue weighted by Gasteiger charge is -2.37. The molecule has 0 aromatic carbocycles. The standard InChI is InChI=1S/C14H22BN3OS/c1-10(17-12(3)14-16-4-7-20-14)8-18-5-6-19-9-13(18)11(2)15/h4,7,12-13,17H,1-2,5-6,8-9,15H2,3H3. The summed E-state index contributed by atoms with van der Waals surface area (Å²) in [5, 5.41) is 6.51. The Labute approximate surface area is 125 Å². The summed E-state index contributed by atoms with van der Waals surface area (Å²) >= 11 is 1.66. The zero-order chi connectivity index (χ0) is 14.5. The third kappa shape index (κ3) is 3.94. The smallest absolute Gasteiger partial charge is 0.135 e. The minimum Gasteiger partial charge on any atom is -0.379 e. The molecule has 0 spiro atoms. The molecule has 1 aromatic rings. The molecule has 1 fully saturated rings. The zero-order valence-corrected chi connectivity index (χ0v) is 13.1. The number of nitrogens with one attached hydrogen (secondary N) is 1. The Morgan fingerprint density at radius 1 is 1.70 bits per heavy atom. The fourth-order valence-electron chi connectivity index (χ4n) is 2.39. The molecule has 1 aliphatic heterocycles. The minimum absolute atomic E-state index is 0.201. The highest BCUT2D eigenvalue weighted by atomic mass is 32.1. The molecule has 0 amide bonds.